The van der Waals surface area contributed by atoms with Crippen molar-refractivity contribution in [2.24, 2.45) is 5.92 Å². The second-order valence-electron chi connectivity index (χ2n) is 9.18. The molecule has 8 nitrogen and oxygen atoms in total. The number of nitrogens with zero attached hydrogens (tertiary/aromatic N) is 2. The maximum absolute atomic E-state index is 14.3. The molecule has 2 bridgehead atoms. The average Bonchev–Trinajstić information content (AvgIpc) is 3.28. The van der Waals surface area contributed by atoms with Crippen molar-refractivity contribution in [3.8, 4) is 6.07 Å². The van der Waals surface area contributed by atoms with Gasteiger partial charge in [0.25, 0.3) is 0 Å². The number of aliphatic hydroxyl groups is 2. The fraction of sp³-hybridized carbons (Fsp3) is 0.591. The van der Waals surface area contributed by atoms with Crippen molar-refractivity contribution in [1.82, 2.24) is 10.2 Å². The van der Waals surface area contributed by atoms with Crippen molar-refractivity contribution in [2.45, 2.75) is 76.5 Å². The summed E-state index contributed by atoms with van der Waals surface area (Å²) in [7, 11) is 0. The molecule has 3 N–H and O–H groups in total. The topological polar surface area (TPSA) is 123 Å². The molecule has 0 spiro atoms. The molecule has 0 aromatic heterocycles. The van der Waals surface area contributed by atoms with Crippen molar-refractivity contribution in [1.29, 1.82) is 5.26 Å². The molecule has 1 heterocycles. The Balaban J connectivity index is 1.71. The molecule has 2 amide bonds. The Bertz CT molecular complexity index is 892. The van der Waals surface area contributed by atoms with Gasteiger partial charge in [0.15, 0.2) is 6.29 Å². The first-order chi connectivity index (χ1) is 14.5. The van der Waals surface area contributed by atoms with Gasteiger partial charge >= 0.3 is 6.09 Å². The van der Waals surface area contributed by atoms with Gasteiger partial charge in [-0.2, -0.15) is 5.26 Å². The van der Waals surface area contributed by atoms with Gasteiger partial charge in [0, 0.05) is 18.0 Å². The number of likely N-dealkylation sites (tertiary alicyclic amines) is 1. The Kier molecular flexibility index (Phi) is 6.53. The van der Waals surface area contributed by atoms with Gasteiger partial charge in [0.05, 0.1) is 6.07 Å². The van der Waals surface area contributed by atoms with E-state index >= 15 is 0 Å². The van der Waals surface area contributed by atoms with Crippen LogP contribution in [-0.4, -0.2) is 50.8 Å². The highest BCUT2D eigenvalue weighted by molar-refractivity contribution is 5.87. The van der Waals surface area contributed by atoms with Gasteiger partial charge in [-0.1, -0.05) is 12.1 Å². The zero-order chi connectivity index (χ0) is 22.9. The number of hydrogen-bond acceptors (Lipinski definition) is 6. The third kappa shape index (κ3) is 5.14. The van der Waals surface area contributed by atoms with E-state index in [4.69, 9.17) is 14.9 Å². The molecule has 2 fully saturated rings. The minimum absolute atomic E-state index is 0.000998. The highest BCUT2D eigenvalue weighted by Gasteiger charge is 2.52. The summed E-state index contributed by atoms with van der Waals surface area (Å²) in [5, 5.41) is 30.4. The Morgan fingerprint density at radius 3 is 2.65 bits per heavy atom. The fourth-order valence-electron chi connectivity index (χ4n) is 4.40. The Hall–Kier alpha value is -2.70. The lowest BCUT2D eigenvalue weighted by Crippen LogP contribution is -2.55. The van der Waals surface area contributed by atoms with Crippen molar-refractivity contribution < 1.29 is 28.9 Å². The molecule has 2 aliphatic rings. The largest absolute Gasteiger partial charge is 0.444 e. The molecule has 1 aliphatic heterocycles. The molecule has 31 heavy (non-hydrogen) atoms. The monoisotopic (exact) mass is 433 g/mol. The van der Waals surface area contributed by atoms with Gasteiger partial charge in [-0.3, -0.25) is 9.69 Å². The summed E-state index contributed by atoms with van der Waals surface area (Å²) < 4.78 is 19.8. The van der Waals surface area contributed by atoms with Crippen LogP contribution in [0.1, 0.15) is 57.5 Å². The Morgan fingerprint density at radius 2 is 2.06 bits per heavy atom. The quantitative estimate of drug-likeness (QED) is 0.612. The second kappa shape index (κ2) is 8.81. The van der Waals surface area contributed by atoms with Crippen LogP contribution in [0.2, 0.25) is 0 Å². The average molecular weight is 433 g/mol. The van der Waals surface area contributed by atoms with Crippen LogP contribution in [0.25, 0.3) is 0 Å². The molecule has 4 atom stereocenters. The second-order valence-corrected chi connectivity index (χ2v) is 9.18. The molecule has 1 aromatic rings. The zero-order valence-electron chi connectivity index (χ0n) is 17.8. The van der Waals surface area contributed by atoms with Crippen LogP contribution in [-0.2, 0) is 16.0 Å². The lowest BCUT2D eigenvalue weighted by Gasteiger charge is -2.35. The van der Waals surface area contributed by atoms with Crippen LogP contribution in [0.4, 0.5) is 9.18 Å². The molecular weight excluding hydrogens is 405 g/mol. The summed E-state index contributed by atoms with van der Waals surface area (Å²) in [4.78, 5) is 27.2. The molecule has 1 saturated carbocycles. The molecule has 1 aliphatic carbocycles. The minimum Gasteiger partial charge on any atom is -0.444 e. The summed E-state index contributed by atoms with van der Waals surface area (Å²) in [5.74, 6) is -1.15. The van der Waals surface area contributed by atoms with Crippen LogP contribution in [0, 0.1) is 23.1 Å². The summed E-state index contributed by atoms with van der Waals surface area (Å²) in [6.45, 7) is 5.28. The molecular formula is C22H28FN3O5. The van der Waals surface area contributed by atoms with Crippen molar-refractivity contribution in [3.63, 3.8) is 0 Å². The van der Waals surface area contributed by atoms with E-state index in [2.05, 4.69) is 5.32 Å². The number of nitrogens with one attached hydrogen (secondary N) is 1. The van der Waals surface area contributed by atoms with Crippen LogP contribution in [0.5, 0.6) is 0 Å². The van der Waals surface area contributed by atoms with E-state index in [0.29, 0.717) is 6.42 Å². The van der Waals surface area contributed by atoms with Crippen LogP contribution in [0.3, 0.4) is 0 Å². The van der Waals surface area contributed by atoms with E-state index in [9.17, 15) is 19.2 Å². The normalized spacial score (nSPS) is 23.5. The maximum Gasteiger partial charge on any atom is 0.411 e. The molecule has 0 radical (unpaired) electrons. The van der Waals surface area contributed by atoms with Gasteiger partial charge in [-0.05, 0) is 57.6 Å². The number of ether oxygens (including phenoxy) is 1. The van der Waals surface area contributed by atoms with E-state index in [0.717, 1.165) is 18.9 Å². The number of fused-ring (bicyclic) bond motifs is 2. The number of halogens is 1. The first-order valence-corrected chi connectivity index (χ1v) is 10.4. The van der Waals surface area contributed by atoms with E-state index in [-0.39, 0.29) is 29.5 Å². The number of carbonyl (C=O) groups excluding carboxylic acids is 2. The SMILES string of the molecule is CC(C)(C)OC(=O)N1[C@@H]2CC[C@@H](C2)[C@H]1C(=O)N[C@H](C#N)Cc1ccc(C(O)O)cc1F. The maximum atomic E-state index is 14.3. The first kappa shape index (κ1) is 23.0. The van der Waals surface area contributed by atoms with E-state index < -0.39 is 41.8 Å². The predicted molar refractivity (Wildman–Crippen MR) is 108 cm³/mol. The standard InChI is InChI=1S/C22H28FN3O5/c1-22(2,3)31-21(30)26-16-7-6-13(9-16)18(26)19(27)25-15(11-24)8-12-4-5-14(20(28)29)10-17(12)23/h4-5,10,13,15-16,18,20,28-29H,6-9H2,1-3H3,(H,25,27)/t13-,15-,16+,18-/m0/s1. The van der Waals surface area contributed by atoms with Crippen molar-refractivity contribution >= 4 is 12.0 Å². The summed E-state index contributed by atoms with van der Waals surface area (Å²) in [5.41, 5.74) is -0.539. The molecule has 9 heteroatoms. The highest BCUT2D eigenvalue weighted by atomic mass is 19.1. The van der Waals surface area contributed by atoms with E-state index in [1.54, 1.807) is 20.8 Å². The number of hydrogen-bond donors (Lipinski definition) is 3. The fourth-order valence-corrected chi connectivity index (χ4v) is 4.40. The number of amides is 2. The number of nitriles is 1. The molecule has 168 valence electrons. The number of aliphatic hydroxyl groups excluding tert-OH is 1. The van der Waals surface area contributed by atoms with Gasteiger partial charge < -0.3 is 20.3 Å². The van der Waals surface area contributed by atoms with E-state index in [1.807, 2.05) is 6.07 Å². The van der Waals surface area contributed by atoms with Crippen molar-refractivity contribution in [3.05, 3.63) is 35.1 Å². The lowest BCUT2D eigenvalue weighted by atomic mass is 9.97. The summed E-state index contributed by atoms with van der Waals surface area (Å²) >= 11 is 0. The van der Waals surface area contributed by atoms with Gasteiger partial charge in [-0.25, -0.2) is 9.18 Å². The minimum atomic E-state index is -1.80. The van der Waals surface area contributed by atoms with Gasteiger partial charge in [-0.15, -0.1) is 0 Å². The first-order valence-electron chi connectivity index (χ1n) is 10.4. The summed E-state index contributed by atoms with van der Waals surface area (Å²) in [6, 6.07) is 3.85. The third-order valence-electron chi connectivity index (χ3n) is 5.73. The van der Waals surface area contributed by atoms with Gasteiger partial charge in [0.2, 0.25) is 5.91 Å². The predicted octanol–water partition coefficient (Wildman–Crippen LogP) is 2.15. The number of benzene rings is 1. The Labute approximate surface area is 180 Å². The zero-order valence-corrected chi connectivity index (χ0v) is 17.8. The van der Waals surface area contributed by atoms with Crippen LogP contribution < -0.4 is 5.32 Å². The Morgan fingerprint density at radius 1 is 1.35 bits per heavy atom. The van der Waals surface area contributed by atoms with E-state index in [1.165, 1.54) is 17.0 Å². The summed E-state index contributed by atoms with van der Waals surface area (Å²) in [6.07, 6.45) is -0.0936. The van der Waals surface area contributed by atoms with Crippen LogP contribution in [0.15, 0.2) is 18.2 Å². The van der Waals surface area contributed by atoms with Crippen molar-refractivity contribution in [2.75, 3.05) is 0 Å². The molecule has 0 unspecified atom stereocenters. The molecule has 3 rings (SSSR count). The molecule has 1 saturated heterocycles. The smallest absolute Gasteiger partial charge is 0.411 e. The van der Waals surface area contributed by atoms with Crippen LogP contribution >= 0.6 is 0 Å². The van der Waals surface area contributed by atoms with Gasteiger partial charge in [0.1, 0.15) is 23.5 Å². The molecule has 1 aromatic carbocycles. The lowest BCUT2D eigenvalue weighted by molar-refractivity contribution is -0.128. The third-order valence-corrected chi connectivity index (χ3v) is 5.73. The number of carbonyl (C=O) groups is 2. The highest BCUT2D eigenvalue weighted by Crippen LogP contribution is 2.43. The number of piperidine rings is 1. The number of rotatable bonds is 5.